The molecule has 2 fully saturated rings. The van der Waals surface area contributed by atoms with Crippen LogP contribution in [0.2, 0.25) is 0 Å². The Balaban J connectivity index is 1.46. The van der Waals surface area contributed by atoms with Crippen LogP contribution in [0, 0.1) is 5.92 Å². The van der Waals surface area contributed by atoms with E-state index in [1.807, 2.05) is 25.2 Å². The molecule has 2 aliphatic rings. The van der Waals surface area contributed by atoms with Gasteiger partial charge in [-0.1, -0.05) is 6.07 Å². The molecule has 214 valence electrons. The monoisotopic (exact) mass is 559 g/mol. The van der Waals surface area contributed by atoms with Crippen molar-refractivity contribution in [2.24, 2.45) is 5.92 Å². The predicted octanol–water partition coefficient (Wildman–Crippen LogP) is 3.25. The minimum absolute atomic E-state index is 0.255. The van der Waals surface area contributed by atoms with E-state index < -0.39 is 0 Å². The molecule has 0 aliphatic carbocycles. The second-order valence-corrected chi connectivity index (χ2v) is 11.1. The molecule has 1 atom stereocenters. The molecule has 0 unspecified atom stereocenters. The van der Waals surface area contributed by atoms with E-state index in [-0.39, 0.29) is 11.8 Å². The number of nitrogens with one attached hydrogen (secondary N) is 2. The van der Waals surface area contributed by atoms with Crippen LogP contribution < -0.4 is 15.5 Å². The maximum Gasteiger partial charge on any atom is 0.275 e. The molecule has 0 bridgehead atoms. The van der Waals surface area contributed by atoms with E-state index in [0.29, 0.717) is 48.7 Å². The average molecular weight is 560 g/mol. The standard InChI is InChI=1S/C28H41N5O5S/c1-32(16-20-8-12-38-13-9-20)28-31-25(19-39-28)27(35)30-24-7-6-21(15-23(24)26(34)29-10-14-36-2)17-33-11-4-5-22(33)18-37-3/h6-7,15,19-20,22H,4-5,8-14,16-18H2,1-3H3,(H,29,34)(H,30,35)/t22-/m1/s1. The fraction of sp³-hybridized carbons (Fsp3) is 0.607. The SMILES string of the molecule is COCCNC(=O)c1cc(CN2CCC[C@@H]2COC)ccc1NC(=O)c1csc(N(C)CC2CCOCC2)n1. The number of aromatic nitrogens is 1. The first-order valence-corrected chi connectivity index (χ1v) is 14.5. The van der Waals surface area contributed by atoms with Gasteiger partial charge in [0.1, 0.15) is 5.69 Å². The number of amides is 2. The first-order valence-electron chi connectivity index (χ1n) is 13.7. The van der Waals surface area contributed by atoms with E-state index >= 15 is 0 Å². The summed E-state index contributed by atoms with van der Waals surface area (Å²) in [4.78, 5) is 35.4. The molecule has 0 radical (unpaired) electrons. The Bertz CT molecular complexity index is 1090. The minimum atomic E-state index is -0.338. The average Bonchev–Trinajstić information content (AvgIpc) is 3.61. The van der Waals surface area contributed by atoms with Gasteiger partial charge < -0.3 is 29.7 Å². The van der Waals surface area contributed by atoms with Crippen LogP contribution in [-0.4, -0.2) is 95.1 Å². The molecular weight excluding hydrogens is 518 g/mol. The predicted molar refractivity (Wildman–Crippen MR) is 153 cm³/mol. The third-order valence-electron chi connectivity index (χ3n) is 7.34. The zero-order chi connectivity index (χ0) is 27.6. The third kappa shape index (κ3) is 8.21. The number of nitrogens with zero attached hydrogens (tertiary/aromatic N) is 3. The molecule has 2 saturated heterocycles. The van der Waals surface area contributed by atoms with Gasteiger partial charge in [0.2, 0.25) is 0 Å². The van der Waals surface area contributed by atoms with Crippen molar-refractivity contribution in [2.75, 3.05) is 77.5 Å². The highest BCUT2D eigenvalue weighted by Gasteiger charge is 2.25. The molecule has 2 N–H and O–H groups in total. The Morgan fingerprint density at radius 1 is 1.18 bits per heavy atom. The molecule has 10 nitrogen and oxygen atoms in total. The fourth-order valence-corrected chi connectivity index (χ4v) is 5.97. The maximum atomic E-state index is 13.2. The summed E-state index contributed by atoms with van der Waals surface area (Å²) in [5.41, 5.74) is 2.23. The summed E-state index contributed by atoms with van der Waals surface area (Å²) >= 11 is 1.45. The number of thiazole rings is 1. The molecule has 1 aromatic heterocycles. The second-order valence-electron chi connectivity index (χ2n) is 10.3. The number of carbonyl (C=O) groups is 2. The number of rotatable bonds is 13. The number of ether oxygens (including phenoxy) is 3. The first kappa shape index (κ1) is 29.4. The molecule has 3 heterocycles. The van der Waals surface area contributed by atoms with Crippen LogP contribution in [0.4, 0.5) is 10.8 Å². The van der Waals surface area contributed by atoms with Gasteiger partial charge in [0.05, 0.1) is 24.5 Å². The number of likely N-dealkylation sites (tertiary alicyclic amines) is 1. The van der Waals surface area contributed by atoms with Gasteiger partial charge in [0.15, 0.2) is 5.13 Å². The van der Waals surface area contributed by atoms with E-state index in [2.05, 4.69) is 25.4 Å². The Morgan fingerprint density at radius 3 is 2.77 bits per heavy atom. The first-order chi connectivity index (χ1) is 19.0. The number of hydrogen-bond acceptors (Lipinski definition) is 9. The Labute approximate surface area is 235 Å². The second kappa shape index (κ2) is 14.7. The summed E-state index contributed by atoms with van der Waals surface area (Å²) in [6.07, 6.45) is 4.32. The third-order valence-corrected chi connectivity index (χ3v) is 8.29. The summed E-state index contributed by atoms with van der Waals surface area (Å²) in [6, 6.07) is 6.02. The zero-order valence-corrected chi connectivity index (χ0v) is 24.1. The highest BCUT2D eigenvalue weighted by molar-refractivity contribution is 7.13. The molecule has 2 aromatic rings. The van der Waals surface area contributed by atoms with Crippen LogP contribution in [0.1, 0.15) is 52.1 Å². The molecular formula is C28H41N5O5S. The van der Waals surface area contributed by atoms with Crippen molar-refractivity contribution in [3.05, 3.63) is 40.4 Å². The van der Waals surface area contributed by atoms with Crippen LogP contribution in [0.25, 0.3) is 0 Å². The summed E-state index contributed by atoms with van der Waals surface area (Å²) in [7, 11) is 5.33. The van der Waals surface area contributed by atoms with Gasteiger partial charge in [-0.3, -0.25) is 14.5 Å². The van der Waals surface area contributed by atoms with E-state index in [1.54, 1.807) is 19.6 Å². The van der Waals surface area contributed by atoms with Gasteiger partial charge in [-0.2, -0.15) is 0 Å². The molecule has 2 amide bonds. The van der Waals surface area contributed by atoms with Crippen molar-refractivity contribution in [1.29, 1.82) is 0 Å². The van der Waals surface area contributed by atoms with Crippen LogP contribution >= 0.6 is 11.3 Å². The van der Waals surface area contributed by atoms with E-state index in [9.17, 15) is 9.59 Å². The van der Waals surface area contributed by atoms with Crippen molar-refractivity contribution in [2.45, 2.75) is 38.3 Å². The van der Waals surface area contributed by atoms with Crippen molar-refractivity contribution in [3.8, 4) is 0 Å². The maximum absolute atomic E-state index is 13.2. The number of anilines is 2. The van der Waals surface area contributed by atoms with Crippen LogP contribution in [0.5, 0.6) is 0 Å². The van der Waals surface area contributed by atoms with Crippen molar-refractivity contribution in [3.63, 3.8) is 0 Å². The highest BCUT2D eigenvalue weighted by Crippen LogP contribution is 2.26. The fourth-order valence-electron chi connectivity index (χ4n) is 5.19. The molecule has 0 spiro atoms. The molecule has 11 heteroatoms. The summed E-state index contributed by atoms with van der Waals surface area (Å²) in [5, 5.41) is 8.38. The van der Waals surface area contributed by atoms with Crippen molar-refractivity contribution >= 4 is 34.0 Å². The molecule has 0 saturated carbocycles. The summed E-state index contributed by atoms with van der Waals surface area (Å²) < 4.78 is 15.9. The lowest BCUT2D eigenvalue weighted by Crippen LogP contribution is -2.32. The number of hydrogen-bond donors (Lipinski definition) is 2. The van der Waals surface area contributed by atoms with Crippen LogP contribution in [-0.2, 0) is 20.8 Å². The van der Waals surface area contributed by atoms with Crippen molar-refractivity contribution in [1.82, 2.24) is 15.2 Å². The number of methoxy groups -OCH3 is 2. The largest absolute Gasteiger partial charge is 0.383 e. The quantitative estimate of drug-likeness (QED) is 0.361. The molecule has 1 aromatic carbocycles. The number of carbonyl (C=O) groups excluding carboxylic acids is 2. The van der Waals surface area contributed by atoms with Gasteiger partial charge >= 0.3 is 0 Å². The lowest BCUT2D eigenvalue weighted by molar-refractivity contribution is 0.0685. The van der Waals surface area contributed by atoms with Crippen molar-refractivity contribution < 1.29 is 23.8 Å². The smallest absolute Gasteiger partial charge is 0.275 e. The van der Waals surface area contributed by atoms with E-state index in [0.717, 1.165) is 69.2 Å². The van der Waals surface area contributed by atoms with E-state index in [4.69, 9.17) is 14.2 Å². The van der Waals surface area contributed by atoms with E-state index in [1.165, 1.54) is 11.3 Å². The summed E-state index contributed by atoms with van der Waals surface area (Å²) in [5.74, 6) is -0.0301. The Morgan fingerprint density at radius 2 is 2.00 bits per heavy atom. The van der Waals surface area contributed by atoms with Crippen LogP contribution in [0.3, 0.4) is 0 Å². The Hall–Kier alpha value is -2.57. The van der Waals surface area contributed by atoms with Gasteiger partial charge in [0.25, 0.3) is 11.8 Å². The summed E-state index contributed by atoms with van der Waals surface area (Å²) in [6.45, 7) is 5.68. The molecule has 4 rings (SSSR count). The van der Waals surface area contributed by atoms with Gasteiger partial charge in [-0.25, -0.2) is 4.98 Å². The lowest BCUT2D eigenvalue weighted by Gasteiger charge is -2.26. The highest BCUT2D eigenvalue weighted by atomic mass is 32.1. The van der Waals surface area contributed by atoms with Gasteiger partial charge in [-0.15, -0.1) is 11.3 Å². The molecule has 2 aliphatic heterocycles. The topological polar surface area (TPSA) is 105 Å². The molecule has 39 heavy (non-hydrogen) atoms. The zero-order valence-electron chi connectivity index (χ0n) is 23.2. The van der Waals surface area contributed by atoms with Gasteiger partial charge in [-0.05, 0) is 55.8 Å². The van der Waals surface area contributed by atoms with Gasteiger partial charge in [0, 0.05) is 65.5 Å². The Kier molecular flexibility index (Phi) is 11.1. The normalized spacial score (nSPS) is 18.3. The number of benzene rings is 1. The minimum Gasteiger partial charge on any atom is -0.383 e. The lowest BCUT2D eigenvalue weighted by atomic mass is 10.0. The van der Waals surface area contributed by atoms with Crippen LogP contribution in [0.15, 0.2) is 23.6 Å².